The highest BCUT2D eigenvalue weighted by Crippen LogP contribution is 2.38. The van der Waals surface area contributed by atoms with Crippen LogP contribution >= 0.6 is 0 Å². The maximum atomic E-state index is 10.7. The SMILES string of the molecule is Cc1cc(CCCCCCc2c(C)c(CCCCCCc3cc(C)c(O)c(C(C)(C)C)c3)c(C)c(CCCCCCc3cc(C)c(O)c(C(C)(C)C)c3)c2C)cc(C(C)(C)C)c1O. The van der Waals surface area contributed by atoms with E-state index in [1.54, 1.807) is 33.4 Å². The Morgan fingerprint density at radius 3 is 0.714 bits per heavy atom. The molecule has 3 N–H and O–H groups in total. The Balaban J connectivity index is 1.39. The van der Waals surface area contributed by atoms with Crippen LogP contribution in [0.1, 0.15) is 223 Å². The van der Waals surface area contributed by atoms with Crippen molar-refractivity contribution in [2.45, 2.75) is 236 Å². The lowest BCUT2D eigenvalue weighted by molar-refractivity contribution is 0.441. The van der Waals surface area contributed by atoms with Gasteiger partial charge in [-0.05, 0) is 218 Å². The summed E-state index contributed by atoms with van der Waals surface area (Å²) in [6.45, 7) is 33.0. The molecule has 0 aliphatic heterocycles. The molecule has 0 heterocycles. The van der Waals surface area contributed by atoms with Gasteiger partial charge < -0.3 is 15.3 Å². The molecule has 0 radical (unpaired) electrons. The Morgan fingerprint density at radius 2 is 0.508 bits per heavy atom. The van der Waals surface area contributed by atoms with Crippen molar-refractivity contribution in [2.75, 3.05) is 0 Å². The smallest absolute Gasteiger partial charge is 0.122 e. The first kappa shape index (κ1) is 51.9. The van der Waals surface area contributed by atoms with E-state index >= 15 is 0 Å². The molecule has 0 atom stereocenters. The molecule has 0 spiro atoms. The van der Waals surface area contributed by atoms with E-state index < -0.39 is 0 Å². The topological polar surface area (TPSA) is 60.7 Å². The lowest BCUT2D eigenvalue weighted by Gasteiger charge is -2.23. The summed E-state index contributed by atoms with van der Waals surface area (Å²) in [5.74, 6) is 1.37. The monoisotopic (exact) mass is 859 g/mol. The Labute approximate surface area is 386 Å². The zero-order valence-electron chi connectivity index (χ0n) is 43.0. The van der Waals surface area contributed by atoms with E-state index in [-0.39, 0.29) is 16.2 Å². The molecule has 0 amide bonds. The predicted molar refractivity (Wildman–Crippen MR) is 273 cm³/mol. The normalized spacial score (nSPS) is 12.4. The van der Waals surface area contributed by atoms with Crippen molar-refractivity contribution in [3.05, 3.63) is 120 Å². The van der Waals surface area contributed by atoms with Gasteiger partial charge >= 0.3 is 0 Å². The van der Waals surface area contributed by atoms with Crippen LogP contribution in [0.25, 0.3) is 0 Å². The third kappa shape index (κ3) is 14.4. The highest BCUT2D eigenvalue weighted by molar-refractivity contribution is 5.52. The summed E-state index contributed by atoms with van der Waals surface area (Å²) in [7, 11) is 0. The molecule has 0 aliphatic carbocycles. The molecule has 0 aliphatic rings. The van der Waals surface area contributed by atoms with Gasteiger partial charge in [0.15, 0.2) is 0 Å². The number of phenols is 3. The van der Waals surface area contributed by atoms with Crippen LogP contribution in [-0.4, -0.2) is 15.3 Å². The molecule has 0 bridgehead atoms. The molecule has 348 valence electrons. The third-order valence-electron chi connectivity index (χ3n) is 14.1. The van der Waals surface area contributed by atoms with Crippen LogP contribution in [-0.2, 0) is 54.8 Å². The van der Waals surface area contributed by atoms with Gasteiger partial charge in [0.1, 0.15) is 17.2 Å². The van der Waals surface area contributed by atoms with E-state index in [1.807, 2.05) is 20.8 Å². The van der Waals surface area contributed by atoms with Gasteiger partial charge in [0, 0.05) is 0 Å². The summed E-state index contributed by atoms with van der Waals surface area (Å²) in [6, 6.07) is 13.3. The summed E-state index contributed by atoms with van der Waals surface area (Å²) in [4.78, 5) is 0. The molecule has 0 saturated heterocycles. The highest BCUT2D eigenvalue weighted by Gasteiger charge is 2.23. The Kier molecular flexibility index (Phi) is 18.5. The van der Waals surface area contributed by atoms with Crippen molar-refractivity contribution < 1.29 is 15.3 Å². The first-order valence-electron chi connectivity index (χ1n) is 25.0. The Bertz CT molecular complexity index is 1860. The number of unbranched alkanes of at least 4 members (excludes halogenated alkanes) is 9. The maximum Gasteiger partial charge on any atom is 0.122 e. The average molecular weight is 859 g/mol. The molecule has 3 heteroatoms. The third-order valence-corrected chi connectivity index (χ3v) is 14.1. The molecular weight excluding hydrogens is 769 g/mol. The lowest BCUT2D eigenvalue weighted by Crippen LogP contribution is -2.12. The van der Waals surface area contributed by atoms with E-state index in [2.05, 4.69) is 119 Å². The Morgan fingerprint density at radius 1 is 0.302 bits per heavy atom. The van der Waals surface area contributed by atoms with Gasteiger partial charge in [0.25, 0.3) is 0 Å². The fraction of sp³-hybridized carbons (Fsp3) is 0.600. The van der Waals surface area contributed by atoms with Gasteiger partial charge in [-0.2, -0.15) is 0 Å². The largest absolute Gasteiger partial charge is 0.507 e. The van der Waals surface area contributed by atoms with Crippen LogP contribution in [0.4, 0.5) is 0 Å². The van der Waals surface area contributed by atoms with E-state index in [0.29, 0.717) is 17.2 Å². The fourth-order valence-corrected chi connectivity index (χ4v) is 10.2. The van der Waals surface area contributed by atoms with Crippen LogP contribution in [0.15, 0.2) is 36.4 Å². The number of hydrogen-bond acceptors (Lipinski definition) is 3. The van der Waals surface area contributed by atoms with Gasteiger partial charge in [-0.15, -0.1) is 0 Å². The van der Waals surface area contributed by atoms with E-state index in [4.69, 9.17) is 0 Å². The van der Waals surface area contributed by atoms with Gasteiger partial charge in [0.2, 0.25) is 0 Å². The van der Waals surface area contributed by atoms with E-state index in [0.717, 1.165) is 71.9 Å². The van der Waals surface area contributed by atoms with Gasteiger partial charge in [-0.1, -0.05) is 137 Å². The summed E-state index contributed by atoms with van der Waals surface area (Å²) in [5, 5.41) is 32.2. The van der Waals surface area contributed by atoms with Crippen molar-refractivity contribution in [2.24, 2.45) is 0 Å². The molecular formula is C60H90O3. The molecule has 0 saturated carbocycles. The minimum absolute atomic E-state index is 0.0677. The summed E-state index contributed by atoms with van der Waals surface area (Å²) >= 11 is 0. The average Bonchev–Trinajstić information content (AvgIpc) is 3.18. The van der Waals surface area contributed by atoms with Gasteiger partial charge in [0.05, 0.1) is 0 Å². The second-order valence-electron chi connectivity index (χ2n) is 22.7. The first-order valence-corrected chi connectivity index (χ1v) is 25.0. The minimum atomic E-state index is -0.0677. The van der Waals surface area contributed by atoms with Crippen LogP contribution < -0.4 is 0 Å². The van der Waals surface area contributed by atoms with Crippen molar-refractivity contribution in [1.82, 2.24) is 0 Å². The summed E-state index contributed by atoms with van der Waals surface area (Å²) < 4.78 is 0. The van der Waals surface area contributed by atoms with Gasteiger partial charge in [-0.3, -0.25) is 0 Å². The standard InChI is InChI=1S/C60H90O3/c1-40-34-46(37-52(55(40)61)58(7,8)9)28-22-16-19-25-31-49-43(4)50(32-26-20-17-23-29-47-35-41(2)56(62)53(38-47)59(10,11)12)45(6)51(44(49)5)33-27-21-18-24-30-48-36-42(3)57(63)54(39-48)60(13,14)15/h34-39,61-63H,16-33H2,1-15H3. The number of aromatic hydroxyl groups is 3. The number of benzene rings is 4. The molecule has 4 rings (SSSR count). The first-order chi connectivity index (χ1) is 29.4. The number of hydrogen-bond donors (Lipinski definition) is 3. The minimum Gasteiger partial charge on any atom is -0.507 e. The van der Waals surface area contributed by atoms with Crippen LogP contribution in [0.3, 0.4) is 0 Å². The van der Waals surface area contributed by atoms with Crippen molar-refractivity contribution in [1.29, 1.82) is 0 Å². The molecule has 0 unspecified atom stereocenters. The van der Waals surface area contributed by atoms with Crippen LogP contribution in [0.2, 0.25) is 0 Å². The molecule has 4 aromatic rings. The number of rotatable bonds is 21. The zero-order chi connectivity index (χ0) is 46.9. The molecule has 3 nitrogen and oxygen atoms in total. The number of phenolic OH excluding ortho intramolecular Hbond substituents is 3. The van der Waals surface area contributed by atoms with Crippen LogP contribution in [0.5, 0.6) is 17.2 Å². The maximum absolute atomic E-state index is 10.7. The highest BCUT2D eigenvalue weighted by atomic mass is 16.3. The predicted octanol–water partition coefficient (Wildman–Crippen LogP) is 16.6. The van der Waals surface area contributed by atoms with Crippen molar-refractivity contribution in [3.8, 4) is 17.2 Å². The molecule has 0 aromatic heterocycles. The van der Waals surface area contributed by atoms with Crippen LogP contribution in [0, 0.1) is 41.5 Å². The van der Waals surface area contributed by atoms with Crippen molar-refractivity contribution >= 4 is 0 Å². The molecule has 63 heavy (non-hydrogen) atoms. The second-order valence-corrected chi connectivity index (χ2v) is 22.7. The summed E-state index contributed by atoms with van der Waals surface area (Å²) in [5.41, 5.74) is 19.5. The quantitative estimate of drug-likeness (QED) is 0.0732. The fourth-order valence-electron chi connectivity index (χ4n) is 10.2. The number of aryl methyl sites for hydroxylation is 6. The van der Waals surface area contributed by atoms with Crippen molar-refractivity contribution in [3.63, 3.8) is 0 Å². The second kappa shape index (κ2) is 22.5. The summed E-state index contributed by atoms with van der Waals surface area (Å²) in [6.07, 6.45) is 21.4. The van der Waals surface area contributed by atoms with Gasteiger partial charge in [-0.25, -0.2) is 0 Å². The molecule has 4 aromatic carbocycles. The lowest BCUT2D eigenvalue weighted by atomic mass is 9.82. The van der Waals surface area contributed by atoms with E-state index in [9.17, 15) is 15.3 Å². The van der Waals surface area contributed by atoms with E-state index in [1.165, 1.54) is 93.7 Å². The Hall–Kier alpha value is -3.72. The molecule has 0 fully saturated rings. The zero-order valence-corrected chi connectivity index (χ0v) is 43.0.